The van der Waals surface area contributed by atoms with Crippen LogP contribution in [-0.2, 0) is 28.5 Å². The van der Waals surface area contributed by atoms with Crippen LogP contribution in [0.15, 0.2) is 24.3 Å². The molecule has 0 saturated carbocycles. The highest BCUT2D eigenvalue weighted by atomic mass is 16.7. The molecule has 1 aliphatic rings. The minimum absolute atomic E-state index is 0.223. The van der Waals surface area contributed by atoms with Crippen LogP contribution in [0, 0.1) is 0 Å². The molecule has 0 aliphatic carbocycles. The predicted molar refractivity (Wildman–Crippen MR) is 183 cm³/mol. The molecule has 274 valence electrons. The van der Waals surface area contributed by atoms with E-state index in [1.165, 1.54) is 57.8 Å². The van der Waals surface area contributed by atoms with Crippen molar-refractivity contribution in [2.75, 3.05) is 19.8 Å². The Morgan fingerprint density at radius 2 is 1.19 bits per heavy atom. The molecular formula is C37H66O10. The number of carbonyl (C=O) groups is 2. The maximum Gasteiger partial charge on any atom is 0.306 e. The van der Waals surface area contributed by atoms with Gasteiger partial charge in [0.2, 0.25) is 0 Å². The molecule has 10 nitrogen and oxygen atoms in total. The SMILES string of the molecule is CCCCCCCC/C=C/C/C=C/CCCCC(=O)OC[C@@H](CO[C@H]1O[C@@H](CO)[C@@H](O)C(O)C1O)OC(=O)CCCCCCCCC. The van der Waals surface area contributed by atoms with Gasteiger partial charge in [0.05, 0.1) is 13.2 Å². The number of hydrogen-bond donors (Lipinski definition) is 4. The zero-order valence-electron chi connectivity index (χ0n) is 29.3. The number of allylic oxidation sites excluding steroid dienone is 4. The summed E-state index contributed by atoms with van der Waals surface area (Å²) in [5.41, 5.74) is 0. The summed E-state index contributed by atoms with van der Waals surface area (Å²) in [5.74, 6) is -0.853. The van der Waals surface area contributed by atoms with Gasteiger partial charge in [-0.1, -0.05) is 109 Å². The van der Waals surface area contributed by atoms with Crippen LogP contribution in [0.25, 0.3) is 0 Å². The highest BCUT2D eigenvalue weighted by Gasteiger charge is 2.44. The lowest BCUT2D eigenvalue weighted by Crippen LogP contribution is -2.59. The van der Waals surface area contributed by atoms with Crippen molar-refractivity contribution >= 4 is 11.9 Å². The fraction of sp³-hybridized carbons (Fsp3) is 0.838. The number of aliphatic hydroxyl groups is 4. The topological polar surface area (TPSA) is 152 Å². The summed E-state index contributed by atoms with van der Waals surface area (Å²) in [5, 5.41) is 39.7. The van der Waals surface area contributed by atoms with Gasteiger partial charge in [0.25, 0.3) is 0 Å². The van der Waals surface area contributed by atoms with Gasteiger partial charge in [-0.2, -0.15) is 0 Å². The van der Waals surface area contributed by atoms with Crippen molar-refractivity contribution in [3.8, 4) is 0 Å². The molecule has 1 rings (SSSR count). The van der Waals surface area contributed by atoms with Crippen molar-refractivity contribution in [3.63, 3.8) is 0 Å². The monoisotopic (exact) mass is 670 g/mol. The van der Waals surface area contributed by atoms with Gasteiger partial charge in [-0.15, -0.1) is 0 Å². The van der Waals surface area contributed by atoms with Gasteiger partial charge in [-0.05, 0) is 44.9 Å². The number of esters is 2. The Bertz CT molecular complexity index is 830. The minimum Gasteiger partial charge on any atom is -0.462 e. The van der Waals surface area contributed by atoms with Gasteiger partial charge in [0.15, 0.2) is 12.4 Å². The number of carbonyl (C=O) groups excluding carboxylic acids is 2. The van der Waals surface area contributed by atoms with Gasteiger partial charge in [0, 0.05) is 12.8 Å². The summed E-state index contributed by atoms with van der Waals surface area (Å²) in [6, 6.07) is 0. The molecule has 47 heavy (non-hydrogen) atoms. The van der Waals surface area contributed by atoms with Crippen LogP contribution < -0.4 is 0 Å². The van der Waals surface area contributed by atoms with E-state index in [1.807, 2.05) is 0 Å². The number of rotatable bonds is 29. The first-order valence-electron chi connectivity index (χ1n) is 18.4. The molecule has 0 amide bonds. The van der Waals surface area contributed by atoms with Crippen LogP contribution in [-0.4, -0.2) is 89.0 Å². The molecule has 0 bridgehead atoms. The van der Waals surface area contributed by atoms with Crippen LogP contribution >= 0.6 is 0 Å². The van der Waals surface area contributed by atoms with Gasteiger partial charge in [-0.25, -0.2) is 0 Å². The standard InChI is InChI=1S/C37H66O10/c1-3-5-7-9-11-12-13-14-15-16-17-18-20-21-23-25-32(39)44-28-30(46-33(40)26-24-22-19-10-8-6-4-2)29-45-37-36(43)35(42)34(41)31(27-38)47-37/h14-15,17-18,30-31,34-38,41-43H,3-13,16,19-29H2,1-2H3/b15-14+,18-17+/t30-,31-,34+,35?,36?,37-/m0/s1. The summed E-state index contributed by atoms with van der Waals surface area (Å²) in [7, 11) is 0. The third-order valence-corrected chi connectivity index (χ3v) is 8.34. The first kappa shape index (κ1) is 43.2. The normalized spacial score (nSPS) is 22.2. The second-order valence-electron chi connectivity index (χ2n) is 12.7. The lowest BCUT2D eigenvalue weighted by atomic mass is 9.99. The summed E-state index contributed by atoms with van der Waals surface area (Å²) >= 11 is 0. The molecule has 2 unspecified atom stereocenters. The first-order valence-corrected chi connectivity index (χ1v) is 18.4. The summed E-state index contributed by atoms with van der Waals surface area (Å²) in [6.07, 6.45) is 20.8. The molecule has 4 N–H and O–H groups in total. The zero-order chi connectivity index (χ0) is 34.5. The molecule has 1 heterocycles. The van der Waals surface area contributed by atoms with E-state index in [1.54, 1.807) is 0 Å². The maximum absolute atomic E-state index is 12.6. The summed E-state index contributed by atoms with van der Waals surface area (Å²) in [4.78, 5) is 25.0. The smallest absolute Gasteiger partial charge is 0.306 e. The second-order valence-corrected chi connectivity index (χ2v) is 12.7. The van der Waals surface area contributed by atoms with E-state index in [2.05, 4.69) is 38.2 Å². The molecule has 0 aromatic carbocycles. The Morgan fingerprint density at radius 1 is 0.660 bits per heavy atom. The average Bonchev–Trinajstić information content (AvgIpc) is 3.06. The van der Waals surface area contributed by atoms with Crippen LogP contribution in [0.4, 0.5) is 0 Å². The Labute approximate surface area is 283 Å². The third kappa shape index (κ3) is 21.7. The molecule has 0 radical (unpaired) electrons. The van der Waals surface area contributed by atoms with Crippen LogP contribution in [0.1, 0.15) is 142 Å². The van der Waals surface area contributed by atoms with Crippen molar-refractivity contribution < 1.29 is 49.0 Å². The maximum atomic E-state index is 12.6. The van der Waals surface area contributed by atoms with Gasteiger partial charge < -0.3 is 39.4 Å². The van der Waals surface area contributed by atoms with E-state index in [0.717, 1.165) is 44.9 Å². The van der Waals surface area contributed by atoms with Crippen molar-refractivity contribution in [1.29, 1.82) is 0 Å². The third-order valence-electron chi connectivity index (χ3n) is 8.34. The number of hydrogen-bond acceptors (Lipinski definition) is 10. The quantitative estimate of drug-likeness (QED) is 0.0411. The first-order chi connectivity index (χ1) is 22.8. The largest absolute Gasteiger partial charge is 0.462 e. The van der Waals surface area contributed by atoms with E-state index in [0.29, 0.717) is 12.8 Å². The molecular weight excluding hydrogens is 604 g/mol. The molecule has 0 aromatic heterocycles. The van der Waals surface area contributed by atoms with Crippen molar-refractivity contribution in [2.24, 2.45) is 0 Å². The van der Waals surface area contributed by atoms with Crippen LogP contribution in [0.5, 0.6) is 0 Å². The summed E-state index contributed by atoms with van der Waals surface area (Å²) < 4.78 is 21.9. The molecule has 0 aromatic rings. The fourth-order valence-electron chi connectivity index (χ4n) is 5.33. The molecule has 0 spiro atoms. The molecule has 6 atom stereocenters. The van der Waals surface area contributed by atoms with Crippen LogP contribution in [0.2, 0.25) is 0 Å². The van der Waals surface area contributed by atoms with Gasteiger partial charge in [-0.3, -0.25) is 9.59 Å². The lowest BCUT2D eigenvalue weighted by Gasteiger charge is -2.39. The fourth-order valence-corrected chi connectivity index (χ4v) is 5.33. The molecule has 10 heteroatoms. The molecule has 1 aliphatic heterocycles. The average molecular weight is 671 g/mol. The van der Waals surface area contributed by atoms with Crippen molar-refractivity contribution in [1.82, 2.24) is 0 Å². The van der Waals surface area contributed by atoms with Crippen molar-refractivity contribution in [2.45, 2.75) is 179 Å². The number of unbranched alkanes of at least 4 members (excludes halogenated alkanes) is 14. The minimum atomic E-state index is -1.59. The van der Waals surface area contributed by atoms with E-state index < -0.39 is 55.4 Å². The second kappa shape index (κ2) is 29.1. The van der Waals surface area contributed by atoms with E-state index in [9.17, 15) is 30.0 Å². The molecule has 1 fully saturated rings. The zero-order valence-corrected chi connectivity index (χ0v) is 29.3. The van der Waals surface area contributed by atoms with E-state index >= 15 is 0 Å². The Hall–Kier alpha value is -1.82. The Kier molecular flexibility index (Phi) is 26.8. The highest BCUT2D eigenvalue weighted by molar-refractivity contribution is 5.70. The Morgan fingerprint density at radius 3 is 1.81 bits per heavy atom. The molecule has 1 saturated heterocycles. The highest BCUT2D eigenvalue weighted by Crippen LogP contribution is 2.22. The van der Waals surface area contributed by atoms with Gasteiger partial charge >= 0.3 is 11.9 Å². The van der Waals surface area contributed by atoms with Crippen molar-refractivity contribution in [3.05, 3.63) is 24.3 Å². The Balaban J connectivity index is 2.40. The summed E-state index contributed by atoms with van der Waals surface area (Å²) in [6.45, 7) is 3.30. The van der Waals surface area contributed by atoms with E-state index in [-0.39, 0.29) is 26.1 Å². The van der Waals surface area contributed by atoms with Gasteiger partial charge in [0.1, 0.15) is 31.0 Å². The lowest BCUT2D eigenvalue weighted by molar-refractivity contribution is -0.305. The van der Waals surface area contributed by atoms with Crippen LogP contribution in [0.3, 0.4) is 0 Å². The number of aliphatic hydroxyl groups excluding tert-OH is 4. The number of ether oxygens (including phenoxy) is 4. The van der Waals surface area contributed by atoms with E-state index in [4.69, 9.17) is 18.9 Å². The predicted octanol–water partition coefficient (Wildman–Crippen LogP) is 6.21.